The first kappa shape index (κ1) is 8.93. The van der Waals surface area contributed by atoms with Crippen LogP contribution in [-0.2, 0) is 4.74 Å². The van der Waals surface area contributed by atoms with E-state index in [1.165, 1.54) is 0 Å². The Labute approximate surface area is 65.4 Å². The van der Waals surface area contributed by atoms with Crippen LogP contribution in [-0.4, -0.2) is 46.3 Å². The highest BCUT2D eigenvalue weighted by molar-refractivity contribution is 4.82. The second kappa shape index (κ2) is 3.49. The summed E-state index contributed by atoms with van der Waals surface area (Å²) in [6.45, 7) is 1.57. The van der Waals surface area contributed by atoms with Crippen molar-refractivity contribution in [3.63, 3.8) is 0 Å². The molecule has 0 aliphatic carbocycles. The minimum absolute atomic E-state index is 0.103. The lowest BCUT2D eigenvalue weighted by molar-refractivity contribution is -0.170. The molecule has 1 aliphatic heterocycles. The van der Waals surface area contributed by atoms with Crippen LogP contribution >= 0.6 is 0 Å². The van der Waals surface area contributed by atoms with Crippen LogP contribution in [0.2, 0.25) is 0 Å². The number of aliphatic hydroxyl groups is 3. The lowest BCUT2D eigenvalue weighted by Crippen LogP contribution is -2.47. The lowest BCUT2D eigenvalue weighted by Gasteiger charge is -2.34. The second-order valence-electron chi connectivity index (χ2n) is 2.94. The maximum Gasteiger partial charge on any atom is 0.106 e. The zero-order chi connectivity index (χ0) is 8.43. The maximum atomic E-state index is 9.21. The zero-order valence-corrected chi connectivity index (χ0v) is 6.47. The van der Waals surface area contributed by atoms with Crippen LogP contribution in [0.4, 0.5) is 0 Å². The SMILES string of the molecule is C[C@@H]1OC(CO)C[C@H](O)[C@H]1O. The van der Waals surface area contributed by atoms with Gasteiger partial charge in [-0.25, -0.2) is 0 Å². The molecule has 1 unspecified atom stereocenters. The summed E-state index contributed by atoms with van der Waals surface area (Å²) in [6.07, 6.45) is -2.00. The molecule has 0 aromatic carbocycles. The van der Waals surface area contributed by atoms with E-state index < -0.39 is 18.3 Å². The van der Waals surface area contributed by atoms with Crippen molar-refractivity contribution in [3.8, 4) is 0 Å². The summed E-state index contributed by atoms with van der Waals surface area (Å²) in [5.41, 5.74) is 0. The number of rotatable bonds is 1. The molecule has 4 atom stereocenters. The van der Waals surface area contributed by atoms with Gasteiger partial charge in [0.2, 0.25) is 0 Å². The molecule has 0 amide bonds. The van der Waals surface area contributed by atoms with Crippen LogP contribution in [0.25, 0.3) is 0 Å². The Morgan fingerprint density at radius 2 is 2.09 bits per heavy atom. The van der Waals surface area contributed by atoms with E-state index in [1.54, 1.807) is 6.92 Å². The molecular formula is C7H14O4. The number of hydrogen-bond donors (Lipinski definition) is 3. The summed E-state index contributed by atoms with van der Waals surface area (Å²) in [5, 5.41) is 27.1. The van der Waals surface area contributed by atoms with Crippen LogP contribution < -0.4 is 0 Å². The van der Waals surface area contributed by atoms with Gasteiger partial charge in [0.15, 0.2) is 0 Å². The zero-order valence-electron chi connectivity index (χ0n) is 6.47. The molecule has 0 spiro atoms. The Morgan fingerprint density at radius 1 is 1.45 bits per heavy atom. The van der Waals surface area contributed by atoms with Gasteiger partial charge >= 0.3 is 0 Å². The number of ether oxygens (including phenoxy) is 1. The van der Waals surface area contributed by atoms with E-state index in [0.717, 1.165) is 0 Å². The Bertz CT molecular complexity index is 116. The fraction of sp³-hybridized carbons (Fsp3) is 1.00. The maximum absolute atomic E-state index is 9.21. The summed E-state index contributed by atoms with van der Waals surface area (Å²) in [7, 11) is 0. The van der Waals surface area contributed by atoms with E-state index in [4.69, 9.17) is 9.84 Å². The van der Waals surface area contributed by atoms with Gasteiger partial charge in [0.1, 0.15) is 6.10 Å². The standard InChI is InChI=1S/C7H14O4/c1-4-7(10)6(9)2-5(3-8)11-4/h4-10H,2-3H2,1H3/t4-,5?,6-,7-/m0/s1. The van der Waals surface area contributed by atoms with Crippen LogP contribution in [0.3, 0.4) is 0 Å². The predicted octanol–water partition coefficient (Wildman–Crippen LogP) is -1.12. The molecule has 0 saturated carbocycles. The van der Waals surface area contributed by atoms with Crippen molar-refractivity contribution < 1.29 is 20.1 Å². The van der Waals surface area contributed by atoms with Crippen LogP contribution in [0.15, 0.2) is 0 Å². The van der Waals surface area contributed by atoms with Crippen molar-refractivity contribution in [3.05, 3.63) is 0 Å². The molecule has 1 saturated heterocycles. The Balaban J connectivity index is 2.47. The van der Waals surface area contributed by atoms with Gasteiger partial charge in [0, 0.05) is 6.42 Å². The first-order valence-corrected chi connectivity index (χ1v) is 3.77. The van der Waals surface area contributed by atoms with Crippen LogP contribution in [0.5, 0.6) is 0 Å². The van der Waals surface area contributed by atoms with Gasteiger partial charge in [-0.1, -0.05) is 0 Å². The number of hydrogen-bond acceptors (Lipinski definition) is 4. The molecule has 1 rings (SSSR count). The Kier molecular flexibility index (Phi) is 2.84. The second-order valence-corrected chi connectivity index (χ2v) is 2.94. The molecule has 66 valence electrons. The van der Waals surface area contributed by atoms with Gasteiger partial charge in [-0.05, 0) is 6.92 Å². The van der Waals surface area contributed by atoms with E-state index in [1.807, 2.05) is 0 Å². The molecular weight excluding hydrogens is 148 g/mol. The first-order valence-electron chi connectivity index (χ1n) is 3.77. The molecule has 0 bridgehead atoms. The third-order valence-electron chi connectivity index (χ3n) is 1.99. The largest absolute Gasteiger partial charge is 0.394 e. The summed E-state index contributed by atoms with van der Waals surface area (Å²) in [4.78, 5) is 0. The van der Waals surface area contributed by atoms with Gasteiger partial charge in [-0.3, -0.25) is 0 Å². The molecule has 1 heterocycles. The fourth-order valence-corrected chi connectivity index (χ4v) is 1.28. The fourth-order valence-electron chi connectivity index (χ4n) is 1.28. The highest BCUT2D eigenvalue weighted by Gasteiger charge is 2.33. The topological polar surface area (TPSA) is 69.9 Å². The van der Waals surface area contributed by atoms with Crippen molar-refractivity contribution >= 4 is 0 Å². The summed E-state index contributed by atoms with van der Waals surface area (Å²) >= 11 is 0. The molecule has 0 aromatic rings. The van der Waals surface area contributed by atoms with Crippen molar-refractivity contribution in [2.45, 2.75) is 37.8 Å². The van der Waals surface area contributed by atoms with Gasteiger partial charge in [-0.2, -0.15) is 0 Å². The summed E-state index contributed by atoms with van der Waals surface area (Å²) in [6, 6.07) is 0. The normalized spacial score (nSPS) is 45.8. The van der Waals surface area contributed by atoms with E-state index in [0.29, 0.717) is 6.42 Å². The van der Waals surface area contributed by atoms with Gasteiger partial charge < -0.3 is 20.1 Å². The average Bonchev–Trinajstić information content (AvgIpc) is 1.99. The van der Waals surface area contributed by atoms with E-state index >= 15 is 0 Å². The minimum atomic E-state index is -0.821. The van der Waals surface area contributed by atoms with Crippen molar-refractivity contribution in [2.75, 3.05) is 6.61 Å². The lowest BCUT2D eigenvalue weighted by atomic mass is 9.99. The molecule has 1 fully saturated rings. The average molecular weight is 162 g/mol. The van der Waals surface area contributed by atoms with Crippen LogP contribution in [0, 0.1) is 0 Å². The third kappa shape index (κ3) is 1.90. The summed E-state index contributed by atoms with van der Waals surface area (Å²) < 4.78 is 5.16. The van der Waals surface area contributed by atoms with E-state index in [-0.39, 0.29) is 12.7 Å². The smallest absolute Gasteiger partial charge is 0.106 e. The van der Waals surface area contributed by atoms with Crippen molar-refractivity contribution in [1.29, 1.82) is 0 Å². The highest BCUT2D eigenvalue weighted by atomic mass is 16.5. The van der Waals surface area contributed by atoms with Crippen LogP contribution in [0.1, 0.15) is 13.3 Å². The predicted molar refractivity (Wildman–Crippen MR) is 38.1 cm³/mol. The molecule has 4 nitrogen and oxygen atoms in total. The number of aliphatic hydroxyl groups excluding tert-OH is 3. The molecule has 0 aromatic heterocycles. The van der Waals surface area contributed by atoms with E-state index in [9.17, 15) is 10.2 Å². The molecule has 3 N–H and O–H groups in total. The monoisotopic (exact) mass is 162 g/mol. The highest BCUT2D eigenvalue weighted by Crippen LogP contribution is 2.19. The molecule has 11 heavy (non-hydrogen) atoms. The molecule has 4 heteroatoms. The van der Waals surface area contributed by atoms with Crippen molar-refractivity contribution in [2.24, 2.45) is 0 Å². The Hall–Kier alpha value is -0.160. The van der Waals surface area contributed by atoms with Gasteiger partial charge in [0.25, 0.3) is 0 Å². The van der Waals surface area contributed by atoms with Crippen molar-refractivity contribution in [1.82, 2.24) is 0 Å². The Morgan fingerprint density at radius 3 is 2.55 bits per heavy atom. The van der Waals surface area contributed by atoms with Gasteiger partial charge in [-0.15, -0.1) is 0 Å². The summed E-state index contributed by atoms with van der Waals surface area (Å²) in [5.74, 6) is 0. The van der Waals surface area contributed by atoms with Gasteiger partial charge in [0.05, 0.1) is 24.9 Å². The first-order chi connectivity index (χ1) is 5.15. The third-order valence-corrected chi connectivity index (χ3v) is 1.99. The quantitative estimate of drug-likeness (QED) is 0.456. The molecule has 0 radical (unpaired) electrons. The molecule has 1 aliphatic rings. The minimum Gasteiger partial charge on any atom is -0.394 e. The van der Waals surface area contributed by atoms with E-state index in [2.05, 4.69) is 0 Å².